The number of rotatable bonds is 2. The first-order valence-corrected chi connectivity index (χ1v) is 3.90. The number of allylic oxidation sites excluding steroid dienone is 1. The van der Waals surface area contributed by atoms with Gasteiger partial charge in [0.15, 0.2) is 0 Å². The fourth-order valence-electron chi connectivity index (χ4n) is 1.52. The molecule has 0 heterocycles. The fourth-order valence-corrected chi connectivity index (χ4v) is 1.52. The molecular weight excluding hydrogens is 142 g/mol. The van der Waals surface area contributed by atoms with Gasteiger partial charge in [-0.15, -0.1) is 0 Å². The van der Waals surface area contributed by atoms with Gasteiger partial charge >= 0.3 is 5.97 Å². The van der Waals surface area contributed by atoms with Crippen LogP contribution in [0.5, 0.6) is 0 Å². The van der Waals surface area contributed by atoms with Crippen LogP contribution >= 0.6 is 0 Å². The topological polar surface area (TPSA) is 63.3 Å². The smallest absolute Gasteiger partial charge is 0.330 e. The van der Waals surface area contributed by atoms with Gasteiger partial charge in [-0.1, -0.05) is 12.8 Å². The van der Waals surface area contributed by atoms with Crippen molar-refractivity contribution < 1.29 is 9.90 Å². The van der Waals surface area contributed by atoms with Crippen molar-refractivity contribution in [2.45, 2.75) is 25.7 Å². The molecule has 0 unspecified atom stereocenters. The van der Waals surface area contributed by atoms with Gasteiger partial charge in [-0.05, 0) is 18.8 Å². The zero-order chi connectivity index (χ0) is 8.27. The van der Waals surface area contributed by atoms with Crippen molar-refractivity contribution in [1.29, 1.82) is 0 Å². The first-order valence-electron chi connectivity index (χ1n) is 3.90. The zero-order valence-corrected chi connectivity index (χ0v) is 6.42. The van der Waals surface area contributed by atoms with Crippen LogP contribution in [0.4, 0.5) is 0 Å². The second-order valence-corrected chi connectivity index (χ2v) is 2.96. The normalized spacial score (nSPS) is 20.5. The van der Waals surface area contributed by atoms with Crippen LogP contribution in [0.1, 0.15) is 25.7 Å². The van der Waals surface area contributed by atoms with Crippen molar-refractivity contribution in [3.8, 4) is 0 Å². The Hall–Kier alpha value is -0.990. The van der Waals surface area contributed by atoms with E-state index in [1.165, 1.54) is 12.8 Å². The highest BCUT2D eigenvalue weighted by atomic mass is 16.4. The zero-order valence-electron chi connectivity index (χ0n) is 6.42. The van der Waals surface area contributed by atoms with Crippen molar-refractivity contribution in [3.05, 3.63) is 11.8 Å². The molecule has 0 radical (unpaired) electrons. The molecule has 0 bridgehead atoms. The van der Waals surface area contributed by atoms with Crippen molar-refractivity contribution in [2.24, 2.45) is 11.7 Å². The minimum Gasteiger partial charge on any atom is -0.478 e. The summed E-state index contributed by atoms with van der Waals surface area (Å²) in [6, 6.07) is 0. The van der Waals surface area contributed by atoms with Crippen LogP contribution in [0.25, 0.3) is 0 Å². The molecule has 1 rings (SSSR count). The van der Waals surface area contributed by atoms with E-state index < -0.39 is 5.97 Å². The standard InChI is InChI=1S/C8H13NO2/c9-7(5-8(10)11)6-3-1-2-4-6/h5-6H,1-4,9H2,(H,10,11)/b7-5-. The van der Waals surface area contributed by atoms with Crippen molar-refractivity contribution >= 4 is 5.97 Å². The SMILES string of the molecule is N/C(=C\C(=O)O)C1CCCC1. The molecule has 1 aliphatic carbocycles. The van der Waals surface area contributed by atoms with Crippen molar-refractivity contribution in [2.75, 3.05) is 0 Å². The van der Waals surface area contributed by atoms with E-state index in [1.54, 1.807) is 0 Å². The van der Waals surface area contributed by atoms with E-state index in [0.717, 1.165) is 18.9 Å². The summed E-state index contributed by atoms with van der Waals surface area (Å²) in [5.41, 5.74) is 6.10. The number of carboxylic acid groups (broad SMARTS) is 1. The first-order chi connectivity index (χ1) is 5.20. The molecule has 0 aromatic rings. The Balaban J connectivity index is 2.51. The molecule has 3 N–H and O–H groups in total. The van der Waals surface area contributed by atoms with Crippen LogP contribution in [0, 0.1) is 5.92 Å². The van der Waals surface area contributed by atoms with E-state index in [0.29, 0.717) is 11.6 Å². The fraction of sp³-hybridized carbons (Fsp3) is 0.625. The van der Waals surface area contributed by atoms with Gasteiger partial charge in [-0.2, -0.15) is 0 Å². The second-order valence-electron chi connectivity index (χ2n) is 2.96. The molecule has 3 heteroatoms. The molecule has 1 aliphatic rings. The van der Waals surface area contributed by atoms with Gasteiger partial charge in [0, 0.05) is 11.8 Å². The largest absolute Gasteiger partial charge is 0.478 e. The van der Waals surface area contributed by atoms with Gasteiger partial charge in [0.25, 0.3) is 0 Å². The molecule has 1 fully saturated rings. The van der Waals surface area contributed by atoms with E-state index in [2.05, 4.69) is 0 Å². The van der Waals surface area contributed by atoms with Gasteiger partial charge in [0.2, 0.25) is 0 Å². The summed E-state index contributed by atoms with van der Waals surface area (Å²) in [6.45, 7) is 0. The Morgan fingerprint density at radius 2 is 2.00 bits per heavy atom. The maximum absolute atomic E-state index is 10.2. The molecule has 0 aromatic heterocycles. The predicted molar refractivity (Wildman–Crippen MR) is 41.9 cm³/mol. The van der Waals surface area contributed by atoms with Crippen LogP contribution in [0.2, 0.25) is 0 Å². The Bertz CT molecular complexity index is 181. The molecule has 0 aliphatic heterocycles. The van der Waals surface area contributed by atoms with E-state index in [4.69, 9.17) is 10.8 Å². The molecule has 3 nitrogen and oxygen atoms in total. The van der Waals surface area contributed by atoms with Gasteiger partial charge in [-0.25, -0.2) is 4.79 Å². The summed E-state index contributed by atoms with van der Waals surface area (Å²) in [7, 11) is 0. The maximum atomic E-state index is 10.2. The number of carbonyl (C=O) groups is 1. The van der Waals surface area contributed by atoms with Gasteiger partial charge in [0.1, 0.15) is 0 Å². The summed E-state index contributed by atoms with van der Waals surface area (Å²) in [5, 5.41) is 8.39. The summed E-state index contributed by atoms with van der Waals surface area (Å²) in [6.07, 6.45) is 5.58. The lowest BCUT2D eigenvalue weighted by Gasteiger charge is -2.06. The highest BCUT2D eigenvalue weighted by molar-refractivity contribution is 5.80. The summed E-state index contributed by atoms with van der Waals surface area (Å²) in [5.74, 6) is -0.611. The number of aliphatic carboxylic acids is 1. The molecule has 1 saturated carbocycles. The van der Waals surface area contributed by atoms with Crippen molar-refractivity contribution in [1.82, 2.24) is 0 Å². The number of hydrogen-bond acceptors (Lipinski definition) is 2. The number of nitrogens with two attached hydrogens (primary N) is 1. The quantitative estimate of drug-likeness (QED) is 0.587. The second kappa shape index (κ2) is 3.42. The number of carboxylic acids is 1. The predicted octanol–water partition coefficient (Wildman–Crippen LogP) is 1.10. The monoisotopic (exact) mass is 155 g/mol. The highest BCUT2D eigenvalue weighted by Crippen LogP contribution is 2.28. The van der Waals surface area contributed by atoms with Gasteiger partial charge in [-0.3, -0.25) is 0 Å². The van der Waals surface area contributed by atoms with Crippen LogP contribution in [-0.2, 0) is 4.79 Å². The molecule has 0 amide bonds. The third-order valence-corrected chi connectivity index (χ3v) is 2.12. The molecule has 0 spiro atoms. The van der Waals surface area contributed by atoms with Crippen LogP contribution in [0.3, 0.4) is 0 Å². The Morgan fingerprint density at radius 3 is 2.45 bits per heavy atom. The Labute approximate surface area is 65.9 Å². The average Bonchev–Trinajstić information content (AvgIpc) is 2.35. The number of hydrogen-bond donors (Lipinski definition) is 2. The lowest BCUT2D eigenvalue weighted by Crippen LogP contribution is -2.10. The van der Waals surface area contributed by atoms with Crippen LogP contribution in [0.15, 0.2) is 11.8 Å². The van der Waals surface area contributed by atoms with Crippen LogP contribution in [-0.4, -0.2) is 11.1 Å². The summed E-state index contributed by atoms with van der Waals surface area (Å²) < 4.78 is 0. The molecule has 62 valence electrons. The Morgan fingerprint density at radius 1 is 1.45 bits per heavy atom. The minimum atomic E-state index is -0.936. The molecule has 11 heavy (non-hydrogen) atoms. The van der Waals surface area contributed by atoms with Crippen LogP contribution < -0.4 is 5.73 Å². The van der Waals surface area contributed by atoms with Gasteiger partial charge < -0.3 is 10.8 Å². The van der Waals surface area contributed by atoms with E-state index in [9.17, 15) is 4.79 Å². The van der Waals surface area contributed by atoms with Gasteiger partial charge in [0.05, 0.1) is 0 Å². The average molecular weight is 155 g/mol. The summed E-state index contributed by atoms with van der Waals surface area (Å²) >= 11 is 0. The summed E-state index contributed by atoms with van der Waals surface area (Å²) in [4.78, 5) is 10.2. The molecule has 0 saturated heterocycles. The molecule has 0 aromatic carbocycles. The maximum Gasteiger partial charge on any atom is 0.330 e. The lowest BCUT2D eigenvalue weighted by molar-refractivity contribution is -0.131. The third kappa shape index (κ3) is 2.26. The van der Waals surface area contributed by atoms with E-state index in [-0.39, 0.29) is 0 Å². The lowest BCUT2D eigenvalue weighted by atomic mass is 10.0. The highest BCUT2D eigenvalue weighted by Gasteiger charge is 2.17. The first kappa shape index (κ1) is 8.11. The molecular formula is C8H13NO2. The van der Waals surface area contributed by atoms with E-state index in [1.807, 2.05) is 0 Å². The van der Waals surface area contributed by atoms with Crippen molar-refractivity contribution in [3.63, 3.8) is 0 Å². The van der Waals surface area contributed by atoms with E-state index >= 15 is 0 Å². The molecule has 0 atom stereocenters. The third-order valence-electron chi connectivity index (χ3n) is 2.12. The Kier molecular flexibility index (Phi) is 2.52. The minimum absolute atomic E-state index is 0.325.